The molecule has 3 saturated carbocycles. The molecule has 0 bridgehead atoms. The zero-order valence-electron chi connectivity index (χ0n) is 23.4. The van der Waals surface area contributed by atoms with E-state index < -0.39 is 29.0 Å². The fourth-order valence-electron chi connectivity index (χ4n) is 8.22. The van der Waals surface area contributed by atoms with Crippen LogP contribution in [0.5, 0.6) is 0 Å². The molecule has 0 aromatic heterocycles. The maximum absolute atomic E-state index is 12.4. The third-order valence-corrected chi connectivity index (χ3v) is 10.8. The first-order chi connectivity index (χ1) is 17.7. The van der Waals surface area contributed by atoms with Crippen LogP contribution in [0.2, 0.25) is 0 Å². The van der Waals surface area contributed by atoms with E-state index in [1.54, 1.807) is 20.8 Å². The maximum atomic E-state index is 12.4. The van der Waals surface area contributed by atoms with Crippen LogP contribution in [0.4, 0.5) is 0 Å². The minimum absolute atomic E-state index is 0.00590. The molecule has 38 heavy (non-hydrogen) atoms. The zero-order chi connectivity index (χ0) is 28.1. The summed E-state index contributed by atoms with van der Waals surface area (Å²) in [6.07, 6.45) is 7.64. The Kier molecular flexibility index (Phi) is 7.60. The number of amides is 1. The van der Waals surface area contributed by atoms with Gasteiger partial charge in [-0.3, -0.25) is 9.59 Å². The number of allylic oxidation sites excluding steroid dienone is 2. The van der Waals surface area contributed by atoms with Gasteiger partial charge in [0, 0.05) is 17.4 Å². The Bertz CT molecular complexity index is 1050. The summed E-state index contributed by atoms with van der Waals surface area (Å²) >= 11 is 0. The van der Waals surface area contributed by atoms with E-state index in [4.69, 9.17) is 9.94 Å². The van der Waals surface area contributed by atoms with Gasteiger partial charge in [0.05, 0.1) is 5.71 Å². The number of carboxylic acid groups (broad SMARTS) is 1. The fourth-order valence-corrected chi connectivity index (χ4v) is 8.22. The van der Waals surface area contributed by atoms with Crippen LogP contribution in [0, 0.1) is 34.0 Å². The van der Waals surface area contributed by atoms with Gasteiger partial charge in [-0.15, -0.1) is 0 Å². The molecule has 4 rings (SSSR count). The molecule has 0 heterocycles. The number of ketones is 1. The summed E-state index contributed by atoms with van der Waals surface area (Å²) in [7, 11) is 0. The van der Waals surface area contributed by atoms with Crippen molar-refractivity contribution in [3.63, 3.8) is 0 Å². The Labute approximate surface area is 225 Å². The molecule has 212 valence electrons. The van der Waals surface area contributed by atoms with Crippen molar-refractivity contribution in [3.8, 4) is 0 Å². The van der Waals surface area contributed by atoms with Gasteiger partial charge in [0.2, 0.25) is 0 Å². The van der Waals surface area contributed by atoms with Crippen molar-refractivity contribution in [3.05, 3.63) is 11.6 Å². The van der Waals surface area contributed by atoms with Crippen LogP contribution < -0.4 is 5.32 Å². The van der Waals surface area contributed by atoms with Gasteiger partial charge in [0.15, 0.2) is 18.5 Å². The number of oxime groups is 1. The lowest BCUT2D eigenvalue weighted by atomic mass is 9.46. The third kappa shape index (κ3) is 4.70. The van der Waals surface area contributed by atoms with E-state index >= 15 is 0 Å². The van der Waals surface area contributed by atoms with E-state index in [0.717, 1.165) is 50.7 Å². The minimum Gasteiger partial charge on any atom is -0.479 e. The summed E-state index contributed by atoms with van der Waals surface area (Å²) in [6, 6.07) is 0. The Morgan fingerprint density at radius 3 is 2.47 bits per heavy atom. The molecule has 9 heteroatoms. The van der Waals surface area contributed by atoms with Gasteiger partial charge >= 0.3 is 5.97 Å². The molecule has 1 amide bonds. The lowest BCUT2D eigenvalue weighted by Gasteiger charge is -2.59. The number of rotatable bonds is 8. The molecule has 7 atom stereocenters. The SMILES string of the molecule is CC(=O)[C@@]1(O)CCC2C3CCC4=C/C(=N\OCC(=O)NCC(C)(C)C(O)C(=O)O)CC[C@]4(C)C3CC[C@@]21C. The number of carbonyl (C=O) groups is 3. The molecule has 0 aromatic rings. The van der Waals surface area contributed by atoms with Crippen molar-refractivity contribution in [2.24, 2.45) is 39.2 Å². The number of hydrogen-bond donors (Lipinski definition) is 4. The fraction of sp³-hybridized carbons (Fsp3) is 0.793. The Balaban J connectivity index is 1.37. The van der Waals surface area contributed by atoms with E-state index in [-0.39, 0.29) is 29.8 Å². The number of nitrogens with zero attached hydrogens (tertiary/aromatic N) is 1. The largest absolute Gasteiger partial charge is 0.479 e. The highest BCUT2D eigenvalue weighted by molar-refractivity contribution is 5.96. The molecule has 4 aliphatic carbocycles. The Hall–Kier alpha value is -2.26. The number of aliphatic carboxylic acids is 1. The molecule has 0 spiro atoms. The van der Waals surface area contributed by atoms with Crippen molar-refractivity contribution in [2.45, 2.75) is 97.7 Å². The van der Waals surface area contributed by atoms with E-state index in [2.05, 4.69) is 30.4 Å². The number of aliphatic hydroxyl groups excluding tert-OH is 1. The zero-order valence-corrected chi connectivity index (χ0v) is 23.4. The van der Waals surface area contributed by atoms with Crippen LogP contribution >= 0.6 is 0 Å². The second-order valence-electron chi connectivity index (χ2n) is 13.3. The molecule has 0 radical (unpaired) electrons. The smallest absolute Gasteiger partial charge is 0.333 e. The highest BCUT2D eigenvalue weighted by Gasteiger charge is 2.65. The first-order valence-corrected chi connectivity index (χ1v) is 14.0. The molecule has 0 saturated heterocycles. The number of Topliss-reactive ketones (excluding diaryl/α,β-unsaturated/α-hetero) is 1. The Morgan fingerprint density at radius 2 is 1.82 bits per heavy atom. The number of fused-ring (bicyclic) bond motifs is 5. The molecule has 0 aromatic carbocycles. The second-order valence-corrected chi connectivity index (χ2v) is 13.3. The van der Waals surface area contributed by atoms with Crippen molar-refractivity contribution >= 4 is 23.4 Å². The van der Waals surface area contributed by atoms with Crippen molar-refractivity contribution in [1.29, 1.82) is 0 Å². The van der Waals surface area contributed by atoms with E-state index in [0.29, 0.717) is 24.2 Å². The molecule has 4 aliphatic rings. The van der Waals surface area contributed by atoms with Gasteiger partial charge < -0.3 is 25.5 Å². The van der Waals surface area contributed by atoms with E-state index in [1.165, 1.54) is 5.57 Å². The summed E-state index contributed by atoms with van der Waals surface area (Å²) in [5.41, 5.74) is -0.295. The number of nitrogens with one attached hydrogen (secondary N) is 1. The first-order valence-electron chi connectivity index (χ1n) is 14.0. The number of carbonyl (C=O) groups excluding carboxylic acids is 2. The number of hydrogen-bond acceptors (Lipinski definition) is 7. The van der Waals surface area contributed by atoms with Crippen molar-refractivity contribution in [2.75, 3.05) is 13.2 Å². The maximum Gasteiger partial charge on any atom is 0.333 e. The van der Waals surface area contributed by atoms with E-state index in [1.807, 2.05) is 0 Å². The van der Waals surface area contributed by atoms with Gasteiger partial charge in [0.1, 0.15) is 5.60 Å². The first kappa shape index (κ1) is 28.7. The van der Waals surface area contributed by atoms with Crippen LogP contribution in [-0.4, -0.2) is 63.5 Å². The summed E-state index contributed by atoms with van der Waals surface area (Å²) in [6.45, 7) is 8.89. The summed E-state index contributed by atoms with van der Waals surface area (Å²) in [5, 5.41) is 36.9. The topological polar surface area (TPSA) is 146 Å². The van der Waals surface area contributed by atoms with E-state index in [9.17, 15) is 24.6 Å². The van der Waals surface area contributed by atoms with Gasteiger partial charge in [0.25, 0.3) is 5.91 Å². The van der Waals surface area contributed by atoms with Crippen LogP contribution in [-0.2, 0) is 19.2 Å². The second kappa shape index (κ2) is 10.0. The van der Waals surface area contributed by atoms with Crippen molar-refractivity contribution in [1.82, 2.24) is 5.32 Å². The quantitative estimate of drug-likeness (QED) is 0.351. The normalized spacial score (nSPS) is 38.3. The Morgan fingerprint density at radius 1 is 1.13 bits per heavy atom. The molecule has 9 nitrogen and oxygen atoms in total. The molecular weight excluding hydrogens is 488 g/mol. The van der Waals surface area contributed by atoms with Crippen LogP contribution in [0.3, 0.4) is 0 Å². The summed E-state index contributed by atoms with van der Waals surface area (Å²) in [5.74, 6) is -0.453. The molecule has 4 N–H and O–H groups in total. The van der Waals surface area contributed by atoms with Gasteiger partial charge in [-0.1, -0.05) is 38.4 Å². The molecule has 4 unspecified atom stereocenters. The lowest BCUT2D eigenvalue weighted by Crippen LogP contribution is -2.57. The predicted molar refractivity (Wildman–Crippen MR) is 141 cm³/mol. The molecular formula is C29H44N2O7. The number of carboxylic acids is 1. The number of aliphatic hydroxyl groups is 2. The highest BCUT2D eigenvalue weighted by atomic mass is 16.6. The molecule has 0 aliphatic heterocycles. The average molecular weight is 533 g/mol. The van der Waals surface area contributed by atoms with Crippen LogP contribution in [0.25, 0.3) is 0 Å². The molecule has 3 fully saturated rings. The average Bonchev–Trinajstić information content (AvgIpc) is 3.14. The standard InChI is InChI=1S/C29H44N2O7/c1-17(32)29(37)13-10-22-20-7-6-18-14-19(8-11-27(18,4)21(20)9-12-28(22,29)5)31-38-15-23(33)30-16-26(2,3)24(34)25(35)36/h14,20-22,24,34,37H,6-13,15-16H2,1-5H3,(H,30,33)(H,35,36)/b31-19-/t20?,21?,22?,24?,27-,28-,29-/m0/s1. The van der Waals surface area contributed by atoms with Crippen LogP contribution in [0.15, 0.2) is 16.8 Å². The summed E-state index contributed by atoms with van der Waals surface area (Å²) in [4.78, 5) is 41.0. The lowest BCUT2D eigenvalue weighted by molar-refractivity contribution is -0.159. The van der Waals surface area contributed by atoms with Gasteiger partial charge in [-0.25, -0.2) is 4.79 Å². The highest BCUT2D eigenvalue weighted by Crippen LogP contribution is 2.67. The third-order valence-electron chi connectivity index (χ3n) is 10.8. The van der Waals surface area contributed by atoms with Crippen LogP contribution in [0.1, 0.15) is 86.0 Å². The van der Waals surface area contributed by atoms with Crippen molar-refractivity contribution < 1.29 is 34.5 Å². The summed E-state index contributed by atoms with van der Waals surface area (Å²) < 4.78 is 0. The van der Waals surface area contributed by atoms with Gasteiger partial charge in [-0.05, 0) is 87.5 Å². The monoisotopic (exact) mass is 532 g/mol. The predicted octanol–water partition coefficient (Wildman–Crippen LogP) is 3.23. The van der Waals surface area contributed by atoms with Gasteiger partial charge in [-0.2, -0.15) is 0 Å². The minimum atomic E-state index is -1.59.